The molecule has 0 radical (unpaired) electrons. The van der Waals surface area contributed by atoms with Gasteiger partial charge in [-0.2, -0.15) is 11.3 Å². The maximum atomic E-state index is 12.2. The number of fused-ring (bicyclic) bond motifs is 1. The molecule has 21 heavy (non-hydrogen) atoms. The van der Waals surface area contributed by atoms with Crippen LogP contribution in [0.25, 0.3) is 0 Å². The largest absolute Gasteiger partial charge is 0.281 e. The van der Waals surface area contributed by atoms with Crippen LogP contribution in [0.2, 0.25) is 0 Å². The van der Waals surface area contributed by atoms with Crippen molar-refractivity contribution in [1.29, 1.82) is 0 Å². The Morgan fingerprint density at radius 1 is 1.29 bits per heavy atom. The molecule has 2 aromatic rings. The molecular formula is C16H14ClNO2S. The summed E-state index contributed by atoms with van der Waals surface area (Å²) < 4.78 is 0. The van der Waals surface area contributed by atoms with Gasteiger partial charge >= 0.3 is 0 Å². The molecular weight excluding hydrogens is 306 g/mol. The van der Waals surface area contributed by atoms with Gasteiger partial charge in [0.15, 0.2) is 0 Å². The minimum Gasteiger partial charge on any atom is -0.281 e. The Bertz CT molecular complexity index is 738. The first-order valence-corrected chi connectivity index (χ1v) is 7.97. The number of rotatable bonds is 2. The second-order valence-corrected chi connectivity index (χ2v) is 6.40. The lowest BCUT2D eigenvalue weighted by atomic mass is 9.94. The van der Waals surface area contributed by atoms with Crippen LogP contribution in [-0.2, 0) is 11.2 Å². The summed E-state index contributed by atoms with van der Waals surface area (Å²) in [6, 6.07) is 5.55. The van der Waals surface area contributed by atoms with Crippen LogP contribution in [0.3, 0.4) is 0 Å². The quantitative estimate of drug-likeness (QED) is 0.627. The average Bonchev–Trinajstić information content (AvgIpc) is 2.90. The highest BCUT2D eigenvalue weighted by molar-refractivity contribution is 7.08. The van der Waals surface area contributed by atoms with Gasteiger partial charge in [0.2, 0.25) is 5.91 Å². The second-order valence-electron chi connectivity index (χ2n) is 5.22. The molecule has 3 nitrogen and oxygen atoms in total. The van der Waals surface area contributed by atoms with Crippen LogP contribution in [0.15, 0.2) is 29.0 Å². The van der Waals surface area contributed by atoms with Crippen molar-refractivity contribution in [2.24, 2.45) is 0 Å². The summed E-state index contributed by atoms with van der Waals surface area (Å²) in [5.74, 6) is -0.426. The Kier molecular flexibility index (Phi) is 3.59. The van der Waals surface area contributed by atoms with Crippen LogP contribution in [0.5, 0.6) is 0 Å². The summed E-state index contributed by atoms with van der Waals surface area (Å²) in [4.78, 5) is 25.1. The van der Waals surface area contributed by atoms with Gasteiger partial charge in [-0.15, -0.1) is 11.6 Å². The number of likely N-dealkylation sites (N-methyl/N-ethyl adjacent to an activating group) is 1. The van der Waals surface area contributed by atoms with Crippen molar-refractivity contribution in [2.75, 3.05) is 7.05 Å². The Hall–Kier alpha value is -1.65. The van der Waals surface area contributed by atoms with E-state index in [2.05, 4.69) is 5.38 Å². The number of halogens is 1. The number of benzene rings is 1. The SMILES string of the molecule is Cc1cscc1C(Cl)c1ccc2c(c1)C(=O)N(C)C(=O)C2. The molecule has 0 bridgehead atoms. The minimum atomic E-state index is -0.280. The number of carbonyl (C=O) groups is 2. The third-order valence-electron chi connectivity index (χ3n) is 3.85. The molecule has 0 saturated carbocycles. The van der Waals surface area contributed by atoms with E-state index in [0.29, 0.717) is 5.56 Å². The molecule has 0 saturated heterocycles. The van der Waals surface area contributed by atoms with Crippen molar-refractivity contribution < 1.29 is 9.59 Å². The van der Waals surface area contributed by atoms with E-state index < -0.39 is 0 Å². The van der Waals surface area contributed by atoms with Crippen molar-refractivity contribution in [2.45, 2.75) is 18.7 Å². The van der Waals surface area contributed by atoms with Gasteiger partial charge in [0.05, 0.1) is 11.8 Å². The molecule has 2 heterocycles. The molecule has 5 heteroatoms. The predicted molar refractivity (Wildman–Crippen MR) is 84.0 cm³/mol. The topological polar surface area (TPSA) is 37.4 Å². The Morgan fingerprint density at radius 3 is 2.71 bits per heavy atom. The van der Waals surface area contributed by atoms with Gasteiger partial charge in [-0.05, 0) is 46.0 Å². The van der Waals surface area contributed by atoms with E-state index in [9.17, 15) is 9.59 Å². The van der Waals surface area contributed by atoms with E-state index in [-0.39, 0.29) is 23.6 Å². The van der Waals surface area contributed by atoms with Crippen LogP contribution < -0.4 is 0 Å². The number of nitrogens with zero attached hydrogens (tertiary/aromatic N) is 1. The number of thiophene rings is 1. The molecule has 108 valence electrons. The van der Waals surface area contributed by atoms with Crippen molar-refractivity contribution in [1.82, 2.24) is 4.90 Å². The van der Waals surface area contributed by atoms with E-state index in [1.165, 1.54) is 11.9 Å². The third kappa shape index (κ3) is 2.39. The van der Waals surface area contributed by atoms with Gasteiger partial charge in [0, 0.05) is 12.6 Å². The monoisotopic (exact) mass is 319 g/mol. The van der Waals surface area contributed by atoms with Gasteiger partial charge in [-0.25, -0.2) is 0 Å². The van der Waals surface area contributed by atoms with Gasteiger partial charge in [-0.1, -0.05) is 12.1 Å². The Labute approximate surface area is 132 Å². The van der Waals surface area contributed by atoms with Crippen molar-refractivity contribution in [3.05, 3.63) is 56.8 Å². The summed E-state index contributed by atoms with van der Waals surface area (Å²) in [5.41, 5.74) is 4.45. The summed E-state index contributed by atoms with van der Waals surface area (Å²) in [7, 11) is 1.52. The fourth-order valence-corrected chi connectivity index (χ4v) is 3.81. The highest BCUT2D eigenvalue weighted by Crippen LogP contribution is 2.34. The average molecular weight is 320 g/mol. The van der Waals surface area contributed by atoms with E-state index in [1.54, 1.807) is 11.3 Å². The number of aryl methyl sites for hydroxylation is 1. The van der Waals surface area contributed by atoms with Crippen molar-refractivity contribution in [3.63, 3.8) is 0 Å². The van der Waals surface area contributed by atoms with Crippen LogP contribution in [-0.4, -0.2) is 23.8 Å². The maximum absolute atomic E-state index is 12.2. The van der Waals surface area contributed by atoms with E-state index in [0.717, 1.165) is 22.3 Å². The molecule has 1 atom stereocenters. The molecule has 0 N–H and O–H groups in total. The molecule has 1 aromatic carbocycles. The fraction of sp³-hybridized carbons (Fsp3) is 0.250. The first kappa shape index (κ1) is 14.3. The molecule has 1 unspecified atom stereocenters. The minimum absolute atomic E-state index is 0.170. The number of hydrogen-bond acceptors (Lipinski definition) is 3. The molecule has 1 aliphatic heterocycles. The highest BCUT2D eigenvalue weighted by Gasteiger charge is 2.28. The summed E-state index contributed by atoms with van der Waals surface area (Å²) in [6.45, 7) is 2.03. The van der Waals surface area contributed by atoms with Gasteiger partial charge in [0.25, 0.3) is 5.91 Å². The Morgan fingerprint density at radius 2 is 2.05 bits per heavy atom. The number of imide groups is 1. The first-order valence-electron chi connectivity index (χ1n) is 6.59. The second kappa shape index (κ2) is 5.28. The van der Waals surface area contributed by atoms with Crippen LogP contribution in [0.1, 0.15) is 38.0 Å². The van der Waals surface area contributed by atoms with Crippen molar-refractivity contribution in [3.8, 4) is 0 Å². The smallest absolute Gasteiger partial charge is 0.260 e. The summed E-state index contributed by atoms with van der Waals surface area (Å²) >= 11 is 8.16. The summed E-state index contributed by atoms with van der Waals surface area (Å²) in [5, 5.41) is 3.81. The normalized spacial score (nSPS) is 16.0. The third-order valence-corrected chi connectivity index (χ3v) is 5.21. The van der Waals surface area contributed by atoms with E-state index >= 15 is 0 Å². The molecule has 0 fully saturated rings. The van der Waals surface area contributed by atoms with Gasteiger partial charge in [0.1, 0.15) is 0 Å². The van der Waals surface area contributed by atoms with E-state index in [1.807, 2.05) is 30.5 Å². The number of amides is 2. The predicted octanol–water partition coefficient (Wildman–Crippen LogP) is 3.54. The highest BCUT2D eigenvalue weighted by atomic mass is 35.5. The maximum Gasteiger partial charge on any atom is 0.260 e. The first-order chi connectivity index (χ1) is 9.99. The molecule has 0 aliphatic carbocycles. The fourth-order valence-electron chi connectivity index (χ4n) is 2.49. The van der Waals surface area contributed by atoms with Crippen LogP contribution >= 0.6 is 22.9 Å². The zero-order valence-corrected chi connectivity index (χ0v) is 13.3. The number of carbonyl (C=O) groups excluding carboxylic acids is 2. The van der Waals surface area contributed by atoms with Gasteiger partial charge < -0.3 is 0 Å². The molecule has 1 aromatic heterocycles. The molecule has 1 aliphatic rings. The van der Waals surface area contributed by atoms with Crippen molar-refractivity contribution >= 4 is 34.8 Å². The van der Waals surface area contributed by atoms with Crippen LogP contribution in [0.4, 0.5) is 0 Å². The van der Waals surface area contributed by atoms with Crippen LogP contribution in [0, 0.1) is 6.92 Å². The zero-order valence-electron chi connectivity index (χ0n) is 11.7. The van der Waals surface area contributed by atoms with Gasteiger partial charge in [-0.3, -0.25) is 14.5 Å². The standard InChI is InChI=1S/C16H14ClNO2S/c1-9-7-21-8-13(9)15(17)11-4-3-10-6-14(19)18(2)16(20)12(10)5-11/h3-5,7-8,15H,6H2,1-2H3. The lowest BCUT2D eigenvalue weighted by molar-refractivity contribution is -0.127. The summed E-state index contributed by atoms with van der Waals surface area (Å²) in [6.07, 6.45) is 0.266. The molecule has 0 spiro atoms. The lowest BCUT2D eigenvalue weighted by Gasteiger charge is -2.24. The lowest BCUT2D eigenvalue weighted by Crippen LogP contribution is -2.39. The number of hydrogen-bond donors (Lipinski definition) is 0. The number of alkyl halides is 1. The molecule has 3 rings (SSSR count). The Balaban J connectivity index is 2.02. The zero-order chi connectivity index (χ0) is 15.1. The van der Waals surface area contributed by atoms with E-state index in [4.69, 9.17) is 11.6 Å². The molecule has 2 amide bonds.